The van der Waals surface area contributed by atoms with Gasteiger partial charge >= 0.3 is 0 Å². The molecule has 3 rings (SSSR count). The molecule has 1 aromatic carbocycles. The lowest BCUT2D eigenvalue weighted by Crippen LogP contribution is -1.94. The van der Waals surface area contributed by atoms with E-state index < -0.39 is 0 Å². The Morgan fingerprint density at radius 3 is 1.83 bits per heavy atom. The van der Waals surface area contributed by atoms with Gasteiger partial charge in [0.1, 0.15) is 0 Å². The van der Waals surface area contributed by atoms with Crippen molar-refractivity contribution >= 4 is 0 Å². The topological polar surface area (TPSA) is 38.7 Å². The Hall–Kier alpha value is -2.55. The standard InChI is InChI=1S/C26H33N3/c1-3-5-7-9-11-22-18-28-26(29-19-22)24-16-17-25(27-20-24)23-14-12-21(13-15-23)10-8-6-4-2/h12-20H,3-11H2,1-2H3. The summed E-state index contributed by atoms with van der Waals surface area (Å²) >= 11 is 0. The number of unbranched alkanes of at least 4 members (excludes halogenated alkanes) is 5. The highest BCUT2D eigenvalue weighted by atomic mass is 14.9. The van der Waals surface area contributed by atoms with Crippen LogP contribution in [0.5, 0.6) is 0 Å². The maximum atomic E-state index is 4.64. The Kier molecular flexibility index (Phi) is 8.36. The molecule has 2 heterocycles. The van der Waals surface area contributed by atoms with Crippen molar-refractivity contribution in [2.75, 3.05) is 0 Å². The van der Waals surface area contributed by atoms with Crippen molar-refractivity contribution in [2.24, 2.45) is 0 Å². The summed E-state index contributed by atoms with van der Waals surface area (Å²) in [7, 11) is 0. The van der Waals surface area contributed by atoms with E-state index in [-0.39, 0.29) is 0 Å². The molecule has 3 heteroatoms. The molecule has 0 saturated heterocycles. The van der Waals surface area contributed by atoms with Crippen molar-refractivity contribution < 1.29 is 0 Å². The number of benzene rings is 1. The van der Waals surface area contributed by atoms with Crippen LogP contribution in [0.1, 0.15) is 69.9 Å². The van der Waals surface area contributed by atoms with Gasteiger partial charge in [-0.05, 0) is 48.9 Å². The van der Waals surface area contributed by atoms with Crippen molar-refractivity contribution in [1.29, 1.82) is 0 Å². The minimum atomic E-state index is 0.743. The van der Waals surface area contributed by atoms with E-state index in [1.807, 2.05) is 18.6 Å². The number of rotatable bonds is 11. The molecule has 0 spiro atoms. The van der Waals surface area contributed by atoms with E-state index >= 15 is 0 Å². The van der Waals surface area contributed by atoms with Gasteiger partial charge in [-0.3, -0.25) is 4.98 Å². The van der Waals surface area contributed by atoms with E-state index in [0.717, 1.165) is 35.5 Å². The van der Waals surface area contributed by atoms with Gasteiger partial charge in [-0.25, -0.2) is 9.97 Å². The number of aryl methyl sites for hydroxylation is 2. The van der Waals surface area contributed by atoms with Gasteiger partial charge in [-0.2, -0.15) is 0 Å². The molecule has 0 aliphatic rings. The summed E-state index contributed by atoms with van der Waals surface area (Å²) in [5.74, 6) is 0.743. The summed E-state index contributed by atoms with van der Waals surface area (Å²) < 4.78 is 0. The molecule has 0 aliphatic carbocycles. The Labute approximate surface area is 175 Å². The van der Waals surface area contributed by atoms with Gasteiger partial charge in [0.15, 0.2) is 5.82 Å². The van der Waals surface area contributed by atoms with E-state index in [1.165, 1.54) is 56.1 Å². The van der Waals surface area contributed by atoms with Crippen LogP contribution in [0.4, 0.5) is 0 Å². The van der Waals surface area contributed by atoms with E-state index in [4.69, 9.17) is 0 Å². The zero-order chi connectivity index (χ0) is 20.3. The van der Waals surface area contributed by atoms with Crippen molar-refractivity contribution in [2.45, 2.75) is 71.6 Å². The zero-order valence-corrected chi connectivity index (χ0v) is 17.9. The van der Waals surface area contributed by atoms with Gasteiger partial charge < -0.3 is 0 Å². The monoisotopic (exact) mass is 387 g/mol. The lowest BCUT2D eigenvalue weighted by atomic mass is 10.0. The highest BCUT2D eigenvalue weighted by molar-refractivity contribution is 5.63. The number of hydrogen-bond acceptors (Lipinski definition) is 3. The van der Waals surface area contributed by atoms with Gasteiger partial charge in [0.05, 0.1) is 5.69 Å². The first-order chi connectivity index (χ1) is 14.3. The highest BCUT2D eigenvalue weighted by Gasteiger charge is 2.05. The Bertz CT molecular complexity index is 837. The molecule has 0 amide bonds. The highest BCUT2D eigenvalue weighted by Crippen LogP contribution is 2.21. The van der Waals surface area contributed by atoms with E-state index in [0.29, 0.717) is 0 Å². The second-order valence-corrected chi connectivity index (χ2v) is 7.81. The van der Waals surface area contributed by atoms with Crippen LogP contribution >= 0.6 is 0 Å². The van der Waals surface area contributed by atoms with Crippen LogP contribution in [0, 0.1) is 0 Å². The van der Waals surface area contributed by atoms with E-state index in [1.54, 1.807) is 0 Å². The van der Waals surface area contributed by atoms with Crippen LogP contribution in [0.15, 0.2) is 55.0 Å². The normalized spacial score (nSPS) is 11.0. The summed E-state index contributed by atoms with van der Waals surface area (Å²) in [6.07, 6.45) is 16.9. The molecular weight excluding hydrogens is 354 g/mol. The molecule has 0 N–H and O–H groups in total. The number of hydrogen-bond donors (Lipinski definition) is 0. The Balaban J connectivity index is 1.59. The molecule has 0 fully saturated rings. The molecule has 0 bridgehead atoms. The van der Waals surface area contributed by atoms with Crippen molar-refractivity contribution in [1.82, 2.24) is 15.0 Å². The quantitative estimate of drug-likeness (QED) is 0.330. The van der Waals surface area contributed by atoms with Crippen LogP contribution < -0.4 is 0 Å². The smallest absolute Gasteiger partial charge is 0.160 e. The largest absolute Gasteiger partial charge is 0.255 e. The Morgan fingerprint density at radius 2 is 1.17 bits per heavy atom. The molecule has 0 radical (unpaired) electrons. The lowest BCUT2D eigenvalue weighted by molar-refractivity contribution is 0.665. The number of nitrogens with zero attached hydrogens (tertiary/aromatic N) is 3. The van der Waals surface area contributed by atoms with Gasteiger partial charge in [0.2, 0.25) is 0 Å². The van der Waals surface area contributed by atoms with E-state index in [9.17, 15) is 0 Å². The first kappa shape index (κ1) is 21.2. The maximum absolute atomic E-state index is 4.64. The average Bonchev–Trinajstić information content (AvgIpc) is 2.78. The molecule has 2 aromatic heterocycles. The molecule has 0 aliphatic heterocycles. The second kappa shape index (κ2) is 11.5. The average molecular weight is 388 g/mol. The maximum Gasteiger partial charge on any atom is 0.160 e. The van der Waals surface area contributed by atoms with Crippen LogP contribution in [0.2, 0.25) is 0 Å². The predicted molar refractivity (Wildman–Crippen MR) is 122 cm³/mol. The third-order valence-corrected chi connectivity index (χ3v) is 5.36. The summed E-state index contributed by atoms with van der Waals surface area (Å²) in [4.78, 5) is 13.7. The first-order valence-corrected chi connectivity index (χ1v) is 11.2. The van der Waals surface area contributed by atoms with Crippen molar-refractivity contribution in [3.05, 3.63) is 66.1 Å². The van der Waals surface area contributed by atoms with Gasteiger partial charge in [0.25, 0.3) is 0 Å². The minimum absolute atomic E-state index is 0.743. The van der Waals surface area contributed by atoms with Crippen molar-refractivity contribution in [3.63, 3.8) is 0 Å². The molecule has 0 saturated carbocycles. The molecule has 3 nitrogen and oxygen atoms in total. The fraction of sp³-hybridized carbons (Fsp3) is 0.423. The molecule has 0 atom stereocenters. The third-order valence-electron chi connectivity index (χ3n) is 5.36. The van der Waals surface area contributed by atoms with Gasteiger partial charge in [-0.15, -0.1) is 0 Å². The van der Waals surface area contributed by atoms with Crippen LogP contribution in [0.25, 0.3) is 22.6 Å². The summed E-state index contributed by atoms with van der Waals surface area (Å²) in [5, 5.41) is 0. The molecule has 3 aromatic rings. The number of pyridine rings is 1. The van der Waals surface area contributed by atoms with E-state index in [2.05, 4.69) is 65.2 Å². The van der Waals surface area contributed by atoms with Crippen LogP contribution in [0.3, 0.4) is 0 Å². The predicted octanol–water partition coefficient (Wildman–Crippen LogP) is 7.06. The fourth-order valence-electron chi connectivity index (χ4n) is 3.51. The molecule has 0 unspecified atom stereocenters. The SMILES string of the molecule is CCCCCCc1cnc(-c2ccc(-c3ccc(CCCCC)cc3)nc2)nc1. The zero-order valence-electron chi connectivity index (χ0n) is 17.9. The number of aromatic nitrogens is 3. The molecule has 29 heavy (non-hydrogen) atoms. The second-order valence-electron chi connectivity index (χ2n) is 7.81. The van der Waals surface area contributed by atoms with Gasteiger partial charge in [0, 0.05) is 29.7 Å². The minimum Gasteiger partial charge on any atom is -0.255 e. The molecule has 152 valence electrons. The fourth-order valence-corrected chi connectivity index (χ4v) is 3.51. The summed E-state index contributed by atoms with van der Waals surface area (Å²) in [6, 6.07) is 12.9. The third kappa shape index (κ3) is 6.49. The van der Waals surface area contributed by atoms with Crippen LogP contribution in [-0.2, 0) is 12.8 Å². The lowest BCUT2D eigenvalue weighted by Gasteiger charge is -2.06. The summed E-state index contributed by atoms with van der Waals surface area (Å²) in [5.41, 5.74) is 5.72. The first-order valence-electron chi connectivity index (χ1n) is 11.2. The Morgan fingerprint density at radius 1 is 0.552 bits per heavy atom. The van der Waals surface area contributed by atoms with Gasteiger partial charge in [-0.1, -0.05) is 70.2 Å². The molecular formula is C26H33N3. The van der Waals surface area contributed by atoms with Crippen LogP contribution in [-0.4, -0.2) is 15.0 Å². The van der Waals surface area contributed by atoms with Crippen molar-refractivity contribution in [3.8, 4) is 22.6 Å². The summed E-state index contributed by atoms with van der Waals surface area (Å²) in [6.45, 7) is 4.48.